The average Bonchev–Trinajstić information content (AvgIpc) is 3.13. The first kappa shape index (κ1) is 11.8. The lowest BCUT2D eigenvalue weighted by Crippen LogP contribution is -2.33. The van der Waals surface area contributed by atoms with Crippen LogP contribution in [-0.2, 0) is 0 Å². The van der Waals surface area contributed by atoms with Gasteiger partial charge in [-0.3, -0.25) is 4.79 Å². The normalized spacial score (nSPS) is 14.5. The molecule has 2 rings (SSSR count). The molecular weight excluding hydrogens is 224 g/mol. The van der Waals surface area contributed by atoms with Crippen molar-refractivity contribution >= 4 is 5.91 Å². The van der Waals surface area contributed by atoms with Gasteiger partial charge in [-0.05, 0) is 25.0 Å². The topological polar surface area (TPSA) is 20.3 Å². The molecule has 1 aromatic rings. The maximum atomic E-state index is 13.5. The van der Waals surface area contributed by atoms with E-state index >= 15 is 0 Å². The van der Waals surface area contributed by atoms with E-state index in [1.165, 1.54) is 17.0 Å². The highest BCUT2D eigenvalue weighted by atomic mass is 19.2. The van der Waals surface area contributed by atoms with Crippen molar-refractivity contribution in [1.82, 2.24) is 4.90 Å². The number of benzene rings is 1. The van der Waals surface area contributed by atoms with E-state index in [1.807, 2.05) is 0 Å². The molecule has 0 N–H and O–H groups in total. The van der Waals surface area contributed by atoms with Crippen LogP contribution in [0.3, 0.4) is 0 Å². The Labute approximate surface area is 98.5 Å². The van der Waals surface area contributed by atoms with Crippen molar-refractivity contribution in [3.05, 3.63) is 48.1 Å². The van der Waals surface area contributed by atoms with Crippen molar-refractivity contribution in [3.8, 4) is 0 Å². The van der Waals surface area contributed by atoms with Crippen LogP contribution in [0, 0.1) is 11.6 Å². The van der Waals surface area contributed by atoms with Gasteiger partial charge >= 0.3 is 0 Å². The number of hydrogen-bond acceptors (Lipinski definition) is 1. The number of rotatable bonds is 4. The van der Waals surface area contributed by atoms with Gasteiger partial charge in [0.15, 0.2) is 11.6 Å². The summed E-state index contributed by atoms with van der Waals surface area (Å²) >= 11 is 0. The minimum Gasteiger partial charge on any atom is -0.332 e. The SMILES string of the molecule is C=CCN(C(=O)c1cccc(F)c1F)C1CC1. The van der Waals surface area contributed by atoms with Crippen LogP contribution in [0.2, 0.25) is 0 Å². The lowest BCUT2D eigenvalue weighted by atomic mass is 10.1. The molecular formula is C13H13F2NO. The van der Waals surface area contributed by atoms with Crippen molar-refractivity contribution in [2.24, 2.45) is 0 Å². The summed E-state index contributed by atoms with van der Waals surface area (Å²) in [6, 6.07) is 3.79. The summed E-state index contributed by atoms with van der Waals surface area (Å²) < 4.78 is 26.5. The van der Waals surface area contributed by atoms with Crippen LogP contribution in [0.25, 0.3) is 0 Å². The third kappa shape index (κ3) is 2.35. The number of nitrogens with zero attached hydrogens (tertiary/aromatic N) is 1. The van der Waals surface area contributed by atoms with Crippen molar-refractivity contribution in [2.75, 3.05) is 6.54 Å². The van der Waals surface area contributed by atoms with E-state index in [-0.39, 0.29) is 11.6 Å². The van der Waals surface area contributed by atoms with E-state index in [1.54, 1.807) is 6.08 Å². The lowest BCUT2D eigenvalue weighted by Gasteiger charge is -2.20. The Kier molecular flexibility index (Phi) is 3.22. The van der Waals surface area contributed by atoms with Gasteiger partial charge in [0.1, 0.15) is 0 Å². The molecule has 0 bridgehead atoms. The molecule has 0 heterocycles. The minimum absolute atomic E-state index is 0.142. The minimum atomic E-state index is -1.08. The van der Waals surface area contributed by atoms with Gasteiger partial charge < -0.3 is 4.90 Å². The second kappa shape index (κ2) is 4.65. The first-order valence-corrected chi connectivity index (χ1v) is 5.51. The number of carbonyl (C=O) groups excluding carboxylic acids is 1. The second-order valence-electron chi connectivity index (χ2n) is 4.08. The summed E-state index contributed by atoms with van der Waals surface area (Å²) in [5.41, 5.74) is -0.209. The van der Waals surface area contributed by atoms with Gasteiger partial charge in [0.25, 0.3) is 5.91 Å². The molecule has 0 aromatic heterocycles. The third-order valence-electron chi connectivity index (χ3n) is 2.76. The Balaban J connectivity index is 2.28. The summed E-state index contributed by atoms with van der Waals surface area (Å²) in [6.45, 7) is 3.93. The van der Waals surface area contributed by atoms with E-state index < -0.39 is 17.5 Å². The Morgan fingerprint density at radius 1 is 1.47 bits per heavy atom. The molecule has 90 valence electrons. The lowest BCUT2D eigenvalue weighted by molar-refractivity contribution is 0.0757. The Morgan fingerprint density at radius 3 is 2.76 bits per heavy atom. The van der Waals surface area contributed by atoms with Crippen molar-refractivity contribution < 1.29 is 13.6 Å². The molecule has 4 heteroatoms. The molecule has 2 nitrogen and oxygen atoms in total. The summed E-state index contributed by atoms with van der Waals surface area (Å²) in [4.78, 5) is 13.6. The molecule has 0 unspecified atom stereocenters. The van der Waals surface area contributed by atoms with E-state index in [0.717, 1.165) is 18.9 Å². The van der Waals surface area contributed by atoms with Crippen LogP contribution in [0.15, 0.2) is 30.9 Å². The zero-order valence-electron chi connectivity index (χ0n) is 9.33. The molecule has 0 saturated heterocycles. The predicted molar refractivity (Wildman–Crippen MR) is 60.6 cm³/mol. The third-order valence-corrected chi connectivity index (χ3v) is 2.76. The molecule has 1 aliphatic carbocycles. The molecule has 17 heavy (non-hydrogen) atoms. The highest BCUT2D eigenvalue weighted by molar-refractivity contribution is 5.95. The molecule has 0 aliphatic heterocycles. The maximum Gasteiger partial charge on any atom is 0.257 e. The Hall–Kier alpha value is -1.71. The van der Waals surface area contributed by atoms with Crippen LogP contribution in [0.5, 0.6) is 0 Å². The molecule has 1 fully saturated rings. The fraction of sp³-hybridized carbons (Fsp3) is 0.308. The molecule has 0 radical (unpaired) electrons. The van der Waals surface area contributed by atoms with Crippen LogP contribution >= 0.6 is 0 Å². The van der Waals surface area contributed by atoms with Crippen molar-refractivity contribution in [3.63, 3.8) is 0 Å². The van der Waals surface area contributed by atoms with Gasteiger partial charge in [-0.15, -0.1) is 6.58 Å². The Bertz CT molecular complexity index is 455. The molecule has 0 atom stereocenters. The summed E-state index contributed by atoms with van der Waals surface area (Å²) in [5, 5.41) is 0. The number of hydrogen-bond donors (Lipinski definition) is 0. The van der Waals surface area contributed by atoms with Gasteiger partial charge in [-0.25, -0.2) is 8.78 Å². The monoisotopic (exact) mass is 237 g/mol. The van der Waals surface area contributed by atoms with E-state index in [0.29, 0.717) is 6.54 Å². The highest BCUT2D eigenvalue weighted by Gasteiger charge is 2.33. The van der Waals surface area contributed by atoms with Crippen LogP contribution in [0.4, 0.5) is 8.78 Å². The van der Waals surface area contributed by atoms with Gasteiger partial charge in [-0.2, -0.15) is 0 Å². The van der Waals surface area contributed by atoms with Crippen molar-refractivity contribution in [2.45, 2.75) is 18.9 Å². The van der Waals surface area contributed by atoms with Gasteiger partial charge in [-0.1, -0.05) is 12.1 Å². The fourth-order valence-corrected chi connectivity index (χ4v) is 1.75. The molecule has 0 spiro atoms. The maximum absolute atomic E-state index is 13.5. The first-order valence-electron chi connectivity index (χ1n) is 5.51. The predicted octanol–water partition coefficient (Wildman–Crippen LogP) is 2.76. The zero-order valence-corrected chi connectivity index (χ0v) is 9.33. The number of halogens is 2. The van der Waals surface area contributed by atoms with Crippen molar-refractivity contribution in [1.29, 1.82) is 0 Å². The average molecular weight is 237 g/mol. The standard InChI is InChI=1S/C13H13F2NO/c1-2-8-16(9-6-7-9)13(17)10-4-3-5-11(14)12(10)15/h2-5,9H,1,6-8H2. The number of amides is 1. The second-order valence-corrected chi connectivity index (χ2v) is 4.08. The quantitative estimate of drug-likeness (QED) is 0.737. The highest BCUT2D eigenvalue weighted by Crippen LogP contribution is 2.28. The van der Waals surface area contributed by atoms with Gasteiger partial charge in [0, 0.05) is 12.6 Å². The summed E-state index contributed by atoms with van der Waals surface area (Å²) in [6.07, 6.45) is 3.42. The largest absolute Gasteiger partial charge is 0.332 e. The van der Waals surface area contributed by atoms with E-state index in [9.17, 15) is 13.6 Å². The first-order chi connectivity index (χ1) is 8.15. The summed E-state index contributed by atoms with van der Waals surface area (Å²) in [5.74, 6) is -2.54. The van der Waals surface area contributed by atoms with Gasteiger partial charge in [0.05, 0.1) is 5.56 Å². The fourth-order valence-electron chi connectivity index (χ4n) is 1.75. The van der Waals surface area contributed by atoms with E-state index in [2.05, 4.69) is 6.58 Å². The van der Waals surface area contributed by atoms with Crippen LogP contribution < -0.4 is 0 Å². The smallest absolute Gasteiger partial charge is 0.257 e. The number of carbonyl (C=O) groups is 1. The zero-order chi connectivity index (χ0) is 12.4. The molecule has 1 aliphatic rings. The molecule has 1 aromatic carbocycles. The summed E-state index contributed by atoms with van der Waals surface area (Å²) in [7, 11) is 0. The van der Waals surface area contributed by atoms with E-state index in [4.69, 9.17) is 0 Å². The molecule has 1 amide bonds. The van der Waals surface area contributed by atoms with Gasteiger partial charge in [0.2, 0.25) is 0 Å². The Morgan fingerprint density at radius 2 is 2.18 bits per heavy atom. The van der Waals surface area contributed by atoms with Crippen LogP contribution in [-0.4, -0.2) is 23.4 Å². The van der Waals surface area contributed by atoms with Crippen LogP contribution in [0.1, 0.15) is 23.2 Å². The molecule has 1 saturated carbocycles.